The predicted octanol–water partition coefficient (Wildman–Crippen LogP) is 4.23. The van der Waals surface area contributed by atoms with Crippen molar-refractivity contribution in [3.05, 3.63) is 78.5 Å². The van der Waals surface area contributed by atoms with E-state index in [9.17, 15) is 9.90 Å². The standard InChI is InChI=1S/C26H29N3O5/c1-26(2,3)34-25(31)29-22(24(30)32-4)17-18-8-12-20(13-9-18)33-21-14-10-19(11-15-21)28-23-7-5-6-16-27-23/h5-16,22H,17H2,1-4H3,(H,27,28)(H,29,31)/p-1/t22-/m1/s1. The van der Waals surface area contributed by atoms with Crippen molar-refractivity contribution in [2.24, 2.45) is 4.99 Å². The fraction of sp³-hybridized carbons (Fsp3) is 0.269. The number of hydrogen-bond acceptors (Lipinski definition) is 8. The van der Waals surface area contributed by atoms with E-state index in [2.05, 4.69) is 15.3 Å². The lowest BCUT2D eigenvalue weighted by molar-refractivity contribution is -0.261. The molecular weight excluding hydrogens is 434 g/mol. The average Bonchev–Trinajstić information content (AvgIpc) is 2.80. The fourth-order valence-corrected chi connectivity index (χ4v) is 2.98. The number of rotatable bonds is 8. The van der Waals surface area contributed by atoms with Crippen molar-refractivity contribution in [1.29, 1.82) is 0 Å². The molecule has 0 amide bonds. The summed E-state index contributed by atoms with van der Waals surface area (Å²) in [6.45, 7) is 5.20. The lowest BCUT2D eigenvalue weighted by atomic mass is 10.1. The Bertz CT molecular complexity index is 1090. The fourth-order valence-electron chi connectivity index (χ4n) is 2.98. The first-order chi connectivity index (χ1) is 16.2. The molecule has 34 heavy (non-hydrogen) atoms. The molecule has 1 heterocycles. The van der Waals surface area contributed by atoms with E-state index >= 15 is 0 Å². The molecule has 0 saturated heterocycles. The number of carbonyl (C=O) groups excluding carboxylic acids is 1. The summed E-state index contributed by atoms with van der Waals surface area (Å²) >= 11 is 0. The number of nitrogens with zero attached hydrogens (tertiary/aromatic N) is 2. The van der Waals surface area contributed by atoms with Gasteiger partial charge in [0.1, 0.15) is 23.4 Å². The van der Waals surface area contributed by atoms with Gasteiger partial charge in [-0.1, -0.05) is 39.0 Å². The van der Waals surface area contributed by atoms with Crippen LogP contribution in [-0.2, 0) is 20.7 Å². The van der Waals surface area contributed by atoms with Crippen LogP contribution >= 0.6 is 0 Å². The third-order valence-electron chi connectivity index (χ3n) is 4.51. The van der Waals surface area contributed by atoms with Crippen LogP contribution in [0.4, 0.5) is 11.5 Å². The van der Waals surface area contributed by atoms with Gasteiger partial charge in [0, 0.05) is 23.9 Å². The molecule has 0 aliphatic carbocycles. The van der Waals surface area contributed by atoms with Crippen LogP contribution in [0.3, 0.4) is 0 Å². The first kappa shape index (κ1) is 24.6. The highest BCUT2D eigenvalue weighted by atomic mass is 16.6. The maximum Gasteiger partial charge on any atom is 0.331 e. The number of benzene rings is 2. The molecule has 0 aliphatic rings. The summed E-state index contributed by atoms with van der Waals surface area (Å²) in [4.78, 5) is 20.2. The van der Waals surface area contributed by atoms with Crippen LogP contribution in [0.1, 0.15) is 26.3 Å². The second-order valence-electron chi connectivity index (χ2n) is 8.46. The van der Waals surface area contributed by atoms with E-state index in [0.717, 1.165) is 17.1 Å². The average molecular weight is 463 g/mol. The number of ether oxygens (including phenoxy) is 3. The highest BCUT2D eigenvalue weighted by Gasteiger charge is 2.19. The Morgan fingerprint density at radius 3 is 2.24 bits per heavy atom. The van der Waals surface area contributed by atoms with Gasteiger partial charge in [-0.15, -0.1) is 0 Å². The SMILES string of the molecule is COC(=O)[C@@H](Cc1ccc(Oc2ccc(Nc3ccccn3)cc2)cc1)N=C([O-])OC(C)(C)C. The minimum absolute atomic E-state index is 0.195. The molecule has 0 radical (unpaired) electrons. The van der Waals surface area contributed by atoms with Crippen molar-refractivity contribution >= 4 is 23.6 Å². The lowest BCUT2D eigenvalue weighted by Gasteiger charge is -2.30. The molecule has 178 valence electrons. The minimum Gasteiger partial charge on any atom is -0.595 e. The Morgan fingerprint density at radius 2 is 1.68 bits per heavy atom. The van der Waals surface area contributed by atoms with Gasteiger partial charge in [0.15, 0.2) is 6.04 Å². The monoisotopic (exact) mass is 462 g/mol. The van der Waals surface area contributed by atoms with Crippen molar-refractivity contribution in [2.75, 3.05) is 12.4 Å². The topological polar surface area (TPSA) is 105 Å². The number of anilines is 2. The Kier molecular flexibility index (Phi) is 8.08. The first-order valence-corrected chi connectivity index (χ1v) is 10.8. The Morgan fingerprint density at radius 1 is 1.03 bits per heavy atom. The van der Waals surface area contributed by atoms with Gasteiger partial charge in [-0.2, -0.15) is 0 Å². The van der Waals surface area contributed by atoms with Crippen molar-refractivity contribution in [3.63, 3.8) is 0 Å². The molecule has 0 bridgehead atoms. The van der Waals surface area contributed by atoms with E-state index < -0.39 is 23.7 Å². The van der Waals surface area contributed by atoms with Gasteiger partial charge in [0.25, 0.3) is 0 Å². The van der Waals surface area contributed by atoms with Crippen LogP contribution in [0.25, 0.3) is 0 Å². The quantitative estimate of drug-likeness (QED) is 0.303. The van der Waals surface area contributed by atoms with Crippen molar-refractivity contribution in [3.8, 4) is 11.5 Å². The minimum atomic E-state index is -0.995. The molecule has 0 unspecified atom stereocenters. The Labute approximate surface area is 199 Å². The van der Waals surface area contributed by atoms with Gasteiger partial charge in [0.2, 0.25) is 0 Å². The molecule has 0 fully saturated rings. The largest absolute Gasteiger partial charge is 0.595 e. The van der Waals surface area contributed by atoms with Crippen LogP contribution in [0.2, 0.25) is 0 Å². The second-order valence-corrected chi connectivity index (χ2v) is 8.46. The zero-order chi connectivity index (χ0) is 24.6. The summed E-state index contributed by atoms with van der Waals surface area (Å²) in [5.41, 5.74) is 0.987. The number of aliphatic imine (C=N–C) groups is 1. The summed E-state index contributed by atoms with van der Waals surface area (Å²) in [5.74, 6) is 1.46. The molecule has 0 aliphatic heterocycles. The lowest BCUT2D eigenvalue weighted by Crippen LogP contribution is -2.35. The molecule has 8 heteroatoms. The number of esters is 1. The molecule has 2 aromatic carbocycles. The summed E-state index contributed by atoms with van der Waals surface area (Å²) in [6, 6.07) is 19.4. The van der Waals surface area contributed by atoms with Crippen LogP contribution in [0, 0.1) is 0 Å². The molecule has 8 nitrogen and oxygen atoms in total. The molecular formula is C26H28N3O5-. The summed E-state index contributed by atoms with van der Waals surface area (Å²) < 4.78 is 15.9. The van der Waals surface area contributed by atoms with Gasteiger partial charge in [-0.05, 0) is 54.1 Å². The van der Waals surface area contributed by atoms with Crippen LogP contribution in [0.15, 0.2) is 77.9 Å². The van der Waals surface area contributed by atoms with Crippen molar-refractivity contribution < 1.29 is 24.1 Å². The zero-order valence-electron chi connectivity index (χ0n) is 19.6. The molecule has 1 aromatic heterocycles. The van der Waals surface area contributed by atoms with Crippen molar-refractivity contribution in [2.45, 2.75) is 38.8 Å². The van der Waals surface area contributed by atoms with Gasteiger partial charge < -0.3 is 24.6 Å². The number of methoxy groups -OCH3 is 1. The van der Waals surface area contributed by atoms with E-state index in [1.807, 2.05) is 54.6 Å². The van der Waals surface area contributed by atoms with Gasteiger partial charge in [-0.25, -0.2) is 9.78 Å². The second kappa shape index (κ2) is 11.2. The molecule has 3 rings (SSSR count). The number of hydrogen-bond donors (Lipinski definition) is 1. The molecule has 1 N–H and O–H groups in total. The zero-order valence-corrected chi connectivity index (χ0v) is 19.6. The number of aromatic nitrogens is 1. The van der Waals surface area contributed by atoms with E-state index in [1.165, 1.54) is 7.11 Å². The molecule has 3 aromatic rings. The Balaban J connectivity index is 1.62. The van der Waals surface area contributed by atoms with E-state index in [-0.39, 0.29) is 6.42 Å². The highest BCUT2D eigenvalue weighted by molar-refractivity contribution is 5.79. The maximum absolute atomic E-state index is 12.1. The van der Waals surface area contributed by atoms with Gasteiger partial charge >= 0.3 is 5.97 Å². The molecule has 0 saturated carbocycles. The van der Waals surface area contributed by atoms with Gasteiger partial charge in [0.05, 0.1) is 7.11 Å². The number of pyridine rings is 1. The van der Waals surface area contributed by atoms with Gasteiger partial charge in [-0.3, -0.25) is 4.99 Å². The smallest absolute Gasteiger partial charge is 0.331 e. The third kappa shape index (κ3) is 7.81. The van der Waals surface area contributed by atoms with E-state index in [1.54, 1.807) is 39.1 Å². The summed E-state index contributed by atoms with van der Waals surface area (Å²) in [5, 5.41) is 15.3. The van der Waals surface area contributed by atoms with Crippen LogP contribution in [0.5, 0.6) is 11.5 Å². The number of carbonyl (C=O) groups is 1. The summed E-state index contributed by atoms with van der Waals surface area (Å²) in [7, 11) is 1.26. The molecule has 0 spiro atoms. The maximum atomic E-state index is 12.1. The third-order valence-corrected chi connectivity index (χ3v) is 4.51. The van der Waals surface area contributed by atoms with Crippen LogP contribution in [-0.4, -0.2) is 35.8 Å². The van der Waals surface area contributed by atoms with E-state index in [4.69, 9.17) is 14.2 Å². The van der Waals surface area contributed by atoms with Crippen LogP contribution < -0.4 is 15.2 Å². The highest BCUT2D eigenvalue weighted by Crippen LogP contribution is 2.25. The van der Waals surface area contributed by atoms with Crippen molar-refractivity contribution in [1.82, 2.24) is 4.98 Å². The predicted molar refractivity (Wildman–Crippen MR) is 128 cm³/mol. The first-order valence-electron chi connectivity index (χ1n) is 10.8. The number of nitrogens with one attached hydrogen (secondary N) is 1. The Hall–Kier alpha value is -4.07. The summed E-state index contributed by atoms with van der Waals surface area (Å²) in [6.07, 6.45) is 1.12. The normalized spacial score (nSPS) is 12.5. The molecule has 1 atom stereocenters. The van der Waals surface area contributed by atoms with E-state index in [0.29, 0.717) is 11.5 Å².